The molecule has 1 aliphatic rings. The van der Waals surface area contributed by atoms with Gasteiger partial charge in [0.15, 0.2) is 0 Å². The third-order valence-corrected chi connectivity index (χ3v) is 4.70. The number of nitrogens with one attached hydrogen (secondary N) is 1. The number of para-hydroxylation sites is 2. The van der Waals surface area contributed by atoms with Gasteiger partial charge in [-0.1, -0.05) is 42.5 Å². The van der Waals surface area contributed by atoms with Crippen LogP contribution in [0.2, 0.25) is 0 Å². The Hall–Kier alpha value is -2.82. The predicted molar refractivity (Wildman–Crippen MR) is 96.3 cm³/mol. The van der Waals surface area contributed by atoms with Crippen LogP contribution in [0.15, 0.2) is 54.6 Å². The third-order valence-electron chi connectivity index (χ3n) is 4.70. The summed E-state index contributed by atoms with van der Waals surface area (Å²) in [4.78, 5) is 26.8. The Balaban J connectivity index is 1.88. The summed E-state index contributed by atoms with van der Waals surface area (Å²) >= 11 is 0. The molecule has 130 valence electrons. The first-order valence-electron chi connectivity index (χ1n) is 8.36. The molecule has 25 heavy (non-hydrogen) atoms. The van der Waals surface area contributed by atoms with Gasteiger partial charge in [0.05, 0.1) is 24.8 Å². The van der Waals surface area contributed by atoms with E-state index in [1.807, 2.05) is 48.5 Å². The first kappa shape index (κ1) is 17.0. The van der Waals surface area contributed by atoms with Crippen LogP contribution < -0.4 is 10.1 Å². The van der Waals surface area contributed by atoms with Gasteiger partial charge in [-0.2, -0.15) is 0 Å². The standard InChI is InChI=1S/C20H22N2O3/c1-22-18(23)13-12-15(19(22)14-8-4-3-5-9-14)20(24)21-16-10-6-7-11-17(16)25-2/h3-11,15,19H,12-13H2,1-2H3,(H,21,24)/t15-,19+/m0/s1. The zero-order chi connectivity index (χ0) is 17.8. The second kappa shape index (κ2) is 7.38. The van der Waals surface area contributed by atoms with Crippen molar-refractivity contribution >= 4 is 17.5 Å². The SMILES string of the molecule is COc1ccccc1NC(=O)[C@H]1CCC(=O)N(C)[C@@H]1c1ccccc1. The quantitative estimate of drug-likeness (QED) is 0.931. The summed E-state index contributed by atoms with van der Waals surface area (Å²) in [5, 5.41) is 2.96. The van der Waals surface area contributed by atoms with E-state index >= 15 is 0 Å². The van der Waals surface area contributed by atoms with Gasteiger partial charge in [0, 0.05) is 13.5 Å². The summed E-state index contributed by atoms with van der Waals surface area (Å²) in [7, 11) is 3.34. The molecular formula is C20H22N2O3. The molecule has 1 aliphatic heterocycles. The third kappa shape index (κ3) is 3.50. The molecule has 0 radical (unpaired) electrons. The lowest BCUT2D eigenvalue weighted by molar-refractivity contribution is -0.140. The number of carbonyl (C=O) groups excluding carboxylic acids is 2. The van der Waals surface area contributed by atoms with Crippen LogP contribution in [0.3, 0.4) is 0 Å². The van der Waals surface area contributed by atoms with Crippen molar-refractivity contribution in [1.29, 1.82) is 0 Å². The normalized spacial score (nSPS) is 20.2. The maximum Gasteiger partial charge on any atom is 0.230 e. The summed E-state index contributed by atoms with van der Waals surface area (Å²) in [6.07, 6.45) is 0.910. The molecule has 1 saturated heterocycles. The Morgan fingerprint density at radius 1 is 1.12 bits per heavy atom. The minimum Gasteiger partial charge on any atom is -0.495 e. The van der Waals surface area contributed by atoms with E-state index in [1.165, 1.54) is 0 Å². The van der Waals surface area contributed by atoms with Gasteiger partial charge in [0.25, 0.3) is 0 Å². The Morgan fingerprint density at radius 3 is 2.52 bits per heavy atom. The van der Waals surface area contributed by atoms with Crippen LogP contribution in [-0.4, -0.2) is 30.9 Å². The molecule has 1 N–H and O–H groups in total. The largest absolute Gasteiger partial charge is 0.495 e. The highest BCUT2D eigenvalue weighted by molar-refractivity contribution is 5.95. The number of methoxy groups -OCH3 is 1. The fourth-order valence-electron chi connectivity index (χ4n) is 3.39. The molecule has 0 saturated carbocycles. The summed E-state index contributed by atoms with van der Waals surface area (Å²) in [5.41, 5.74) is 1.61. The zero-order valence-electron chi connectivity index (χ0n) is 14.4. The number of anilines is 1. The van der Waals surface area contributed by atoms with E-state index in [2.05, 4.69) is 5.32 Å². The number of ether oxygens (including phenoxy) is 1. The van der Waals surface area contributed by atoms with Gasteiger partial charge in [0.2, 0.25) is 11.8 Å². The second-order valence-electron chi connectivity index (χ2n) is 6.19. The molecule has 0 unspecified atom stereocenters. The summed E-state index contributed by atoms with van der Waals surface area (Å²) < 4.78 is 5.30. The number of carbonyl (C=O) groups is 2. The molecule has 0 bridgehead atoms. The summed E-state index contributed by atoms with van der Waals surface area (Å²) in [6, 6.07) is 16.8. The van der Waals surface area contributed by atoms with E-state index in [9.17, 15) is 9.59 Å². The van der Waals surface area contributed by atoms with Crippen molar-refractivity contribution in [3.8, 4) is 5.75 Å². The Bertz CT molecular complexity index is 761. The molecule has 1 heterocycles. The van der Waals surface area contributed by atoms with Gasteiger partial charge in [-0.15, -0.1) is 0 Å². The maximum absolute atomic E-state index is 13.0. The van der Waals surface area contributed by atoms with Crippen LogP contribution in [0.1, 0.15) is 24.4 Å². The lowest BCUT2D eigenvalue weighted by Crippen LogP contribution is -2.44. The topological polar surface area (TPSA) is 58.6 Å². The smallest absolute Gasteiger partial charge is 0.230 e. The highest BCUT2D eigenvalue weighted by Crippen LogP contribution is 2.37. The zero-order valence-corrected chi connectivity index (χ0v) is 14.4. The number of rotatable bonds is 4. The number of amides is 2. The number of benzene rings is 2. The van der Waals surface area contributed by atoms with Crippen LogP contribution in [0.5, 0.6) is 5.75 Å². The minimum absolute atomic E-state index is 0.0650. The van der Waals surface area contributed by atoms with Gasteiger partial charge < -0.3 is 15.0 Å². The lowest BCUT2D eigenvalue weighted by Gasteiger charge is -2.38. The van der Waals surface area contributed by atoms with Crippen LogP contribution in [-0.2, 0) is 9.59 Å². The summed E-state index contributed by atoms with van der Waals surface area (Å²) in [5.74, 6) is 0.273. The Labute approximate surface area is 147 Å². The van der Waals surface area contributed by atoms with Crippen molar-refractivity contribution < 1.29 is 14.3 Å². The highest BCUT2D eigenvalue weighted by atomic mass is 16.5. The first-order valence-corrected chi connectivity index (χ1v) is 8.36. The number of nitrogens with zero attached hydrogens (tertiary/aromatic N) is 1. The van der Waals surface area contributed by atoms with E-state index in [0.717, 1.165) is 5.56 Å². The number of hydrogen-bond acceptors (Lipinski definition) is 3. The molecule has 0 spiro atoms. The molecular weight excluding hydrogens is 316 g/mol. The average Bonchev–Trinajstić information content (AvgIpc) is 2.65. The maximum atomic E-state index is 13.0. The molecule has 5 heteroatoms. The van der Waals surface area contributed by atoms with Gasteiger partial charge in [-0.05, 0) is 24.1 Å². The average molecular weight is 338 g/mol. The Morgan fingerprint density at radius 2 is 1.80 bits per heavy atom. The van der Waals surface area contributed by atoms with Gasteiger partial charge in [0.1, 0.15) is 5.75 Å². The van der Waals surface area contributed by atoms with Crippen LogP contribution in [0.4, 0.5) is 5.69 Å². The van der Waals surface area contributed by atoms with Crippen molar-refractivity contribution in [2.24, 2.45) is 5.92 Å². The van der Waals surface area contributed by atoms with Crippen molar-refractivity contribution in [3.63, 3.8) is 0 Å². The fourth-order valence-corrected chi connectivity index (χ4v) is 3.39. The van der Waals surface area contributed by atoms with E-state index in [1.54, 1.807) is 25.1 Å². The van der Waals surface area contributed by atoms with Crippen LogP contribution in [0.25, 0.3) is 0 Å². The molecule has 1 fully saturated rings. The monoisotopic (exact) mass is 338 g/mol. The van der Waals surface area contributed by atoms with E-state index < -0.39 is 0 Å². The number of likely N-dealkylation sites (tertiary alicyclic amines) is 1. The van der Waals surface area contributed by atoms with Crippen LogP contribution in [0, 0.1) is 5.92 Å². The van der Waals surface area contributed by atoms with E-state index in [-0.39, 0.29) is 23.8 Å². The summed E-state index contributed by atoms with van der Waals surface area (Å²) in [6.45, 7) is 0. The van der Waals surface area contributed by atoms with Crippen molar-refractivity contribution in [1.82, 2.24) is 4.90 Å². The molecule has 2 aromatic carbocycles. The predicted octanol–water partition coefficient (Wildman–Crippen LogP) is 3.24. The fraction of sp³-hybridized carbons (Fsp3) is 0.300. The number of hydrogen-bond donors (Lipinski definition) is 1. The lowest BCUT2D eigenvalue weighted by atomic mass is 9.84. The van der Waals surface area contributed by atoms with Crippen molar-refractivity contribution in [3.05, 3.63) is 60.2 Å². The highest BCUT2D eigenvalue weighted by Gasteiger charge is 2.38. The molecule has 2 aromatic rings. The molecule has 3 rings (SSSR count). The Kier molecular flexibility index (Phi) is 5.03. The van der Waals surface area contributed by atoms with Gasteiger partial charge in [-0.25, -0.2) is 0 Å². The molecule has 0 aromatic heterocycles. The van der Waals surface area contributed by atoms with Crippen molar-refractivity contribution in [2.75, 3.05) is 19.5 Å². The van der Waals surface area contributed by atoms with Gasteiger partial charge in [-0.3, -0.25) is 9.59 Å². The molecule has 0 aliphatic carbocycles. The number of piperidine rings is 1. The van der Waals surface area contributed by atoms with Crippen molar-refractivity contribution in [2.45, 2.75) is 18.9 Å². The van der Waals surface area contributed by atoms with E-state index in [4.69, 9.17) is 4.74 Å². The molecule has 5 nitrogen and oxygen atoms in total. The molecule has 2 amide bonds. The second-order valence-corrected chi connectivity index (χ2v) is 6.19. The van der Waals surface area contributed by atoms with Gasteiger partial charge >= 0.3 is 0 Å². The van der Waals surface area contributed by atoms with Crippen LogP contribution >= 0.6 is 0 Å². The van der Waals surface area contributed by atoms with E-state index in [0.29, 0.717) is 24.3 Å². The molecule has 2 atom stereocenters. The minimum atomic E-state index is -0.310. The first-order chi connectivity index (χ1) is 12.1.